The van der Waals surface area contributed by atoms with Gasteiger partial charge in [0.1, 0.15) is 0 Å². The van der Waals surface area contributed by atoms with Gasteiger partial charge in [0.25, 0.3) is 0 Å². The lowest BCUT2D eigenvalue weighted by atomic mass is 9.87. The Labute approximate surface area is 101 Å². The SMILES string of the molecule is COC(=O)C(C(C)C)C(N)c1sccc1C. The van der Waals surface area contributed by atoms with Crippen LogP contribution in [0.1, 0.15) is 30.3 Å². The second-order valence-electron chi connectivity index (χ2n) is 4.29. The molecule has 0 aliphatic carbocycles. The van der Waals surface area contributed by atoms with Crippen molar-refractivity contribution >= 4 is 17.3 Å². The van der Waals surface area contributed by atoms with Gasteiger partial charge in [0.15, 0.2) is 0 Å². The molecule has 0 amide bonds. The van der Waals surface area contributed by atoms with Crippen molar-refractivity contribution in [2.75, 3.05) is 7.11 Å². The number of hydrogen-bond donors (Lipinski definition) is 1. The molecule has 0 aliphatic heterocycles. The molecule has 2 N–H and O–H groups in total. The van der Waals surface area contributed by atoms with Crippen molar-refractivity contribution in [2.24, 2.45) is 17.6 Å². The van der Waals surface area contributed by atoms with Gasteiger partial charge < -0.3 is 10.5 Å². The van der Waals surface area contributed by atoms with Crippen molar-refractivity contribution in [1.82, 2.24) is 0 Å². The summed E-state index contributed by atoms with van der Waals surface area (Å²) >= 11 is 1.60. The minimum absolute atomic E-state index is 0.170. The molecule has 3 nitrogen and oxygen atoms in total. The molecule has 16 heavy (non-hydrogen) atoms. The second kappa shape index (κ2) is 5.46. The molecule has 2 atom stereocenters. The number of carbonyl (C=O) groups is 1. The third-order valence-electron chi connectivity index (χ3n) is 2.78. The summed E-state index contributed by atoms with van der Waals surface area (Å²) in [6, 6.07) is 1.75. The normalized spacial score (nSPS) is 14.9. The number of nitrogens with two attached hydrogens (primary N) is 1. The number of carbonyl (C=O) groups excluding carboxylic acids is 1. The molecule has 90 valence electrons. The van der Waals surface area contributed by atoms with Crippen LogP contribution in [-0.2, 0) is 9.53 Å². The summed E-state index contributed by atoms with van der Waals surface area (Å²) in [5.41, 5.74) is 7.32. The van der Waals surface area contributed by atoms with E-state index in [1.54, 1.807) is 11.3 Å². The summed E-state index contributed by atoms with van der Waals surface area (Å²) < 4.78 is 4.82. The molecular formula is C12H19NO2S. The van der Waals surface area contributed by atoms with Crippen LogP contribution < -0.4 is 5.73 Å². The highest BCUT2D eigenvalue weighted by Crippen LogP contribution is 2.32. The molecule has 1 heterocycles. The molecule has 0 saturated heterocycles. The maximum atomic E-state index is 11.7. The topological polar surface area (TPSA) is 52.3 Å². The Balaban J connectivity index is 2.96. The molecule has 2 unspecified atom stereocenters. The van der Waals surface area contributed by atoms with Crippen molar-refractivity contribution in [3.05, 3.63) is 21.9 Å². The molecule has 0 radical (unpaired) electrons. The molecule has 4 heteroatoms. The van der Waals surface area contributed by atoms with Crippen molar-refractivity contribution in [2.45, 2.75) is 26.8 Å². The molecule has 0 aromatic carbocycles. The number of hydrogen-bond acceptors (Lipinski definition) is 4. The van der Waals surface area contributed by atoms with Crippen LogP contribution in [0, 0.1) is 18.8 Å². The minimum Gasteiger partial charge on any atom is -0.469 e. The summed E-state index contributed by atoms with van der Waals surface area (Å²) in [5.74, 6) is -0.332. The highest BCUT2D eigenvalue weighted by atomic mass is 32.1. The number of ether oxygens (including phenoxy) is 1. The quantitative estimate of drug-likeness (QED) is 0.824. The highest BCUT2D eigenvalue weighted by molar-refractivity contribution is 7.10. The van der Waals surface area contributed by atoms with E-state index in [0.29, 0.717) is 0 Å². The number of methoxy groups -OCH3 is 1. The predicted molar refractivity (Wildman–Crippen MR) is 66.3 cm³/mol. The first-order valence-corrected chi connectivity index (χ1v) is 6.24. The average Bonchev–Trinajstić information content (AvgIpc) is 2.63. The highest BCUT2D eigenvalue weighted by Gasteiger charge is 2.31. The van der Waals surface area contributed by atoms with Gasteiger partial charge in [-0.15, -0.1) is 11.3 Å². The van der Waals surface area contributed by atoms with E-state index in [1.165, 1.54) is 7.11 Å². The van der Waals surface area contributed by atoms with Crippen LogP contribution >= 0.6 is 11.3 Å². The second-order valence-corrected chi connectivity index (χ2v) is 5.23. The van der Waals surface area contributed by atoms with Crippen molar-refractivity contribution in [3.63, 3.8) is 0 Å². The lowest BCUT2D eigenvalue weighted by Crippen LogP contribution is -2.33. The van der Waals surface area contributed by atoms with Gasteiger partial charge in [-0.25, -0.2) is 0 Å². The molecule has 0 spiro atoms. The van der Waals surface area contributed by atoms with E-state index >= 15 is 0 Å². The fraction of sp³-hybridized carbons (Fsp3) is 0.583. The lowest BCUT2D eigenvalue weighted by molar-refractivity contribution is -0.147. The first-order valence-electron chi connectivity index (χ1n) is 5.36. The molecule has 0 saturated carbocycles. The Morgan fingerprint density at radius 3 is 2.50 bits per heavy atom. The Hall–Kier alpha value is -0.870. The summed E-state index contributed by atoms with van der Waals surface area (Å²) in [6.07, 6.45) is 0. The molecule has 1 aromatic rings. The van der Waals surface area contributed by atoms with Crippen LogP contribution in [0.4, 0.5) is 0 Å². The third kappa shape index (κ3) is 2.62. The monoisotopic (exact) mass is 241 g/mol. The zero-order valence-electron chi connectivity index (χ0n) is 10.2. The van der Waals surface area contributed by atoms with Gasteiger partial charge in [-0.1, -0.05) is 13.8 Å². The molecular weight excluding hydrogens is 222 g/mol. The van der Waals surface area contributed by atoms with Crippen LogP contribution in [0.15, 0.2) is 11.4 Å². The summed E-state index contributed by atoms with van der Waals surface area (Å²) in [5, 5.41) is 2.00. The minimum atomic E-state index is -0.276. The Bertz CT molecular complexity index is 360. The Morgan fingerprint density at radius 1 is 1.50 bits per heavy atom. The molecule has 0 fully saturated rings. The zero-order chi connectivity index (χ0) is 12.3. The van der Waals surface area contributed by atoms with Crippen molar-refractivity contribution in [1.29, 1.82) is 0 Å². The molecule has 0 aliphatic rings. The molecule has 0 bridgehead atoms. The third-order valence-corrected chi connectivity index (χ3v) is 3.90. The summed E-state index contributed by atoms with van der Waals surface area (Å²) in [4.78, 5) is 12.8. The van der Waals surface area contributed by atoms with Crippen LogP contribution in [-0.4, -0.2) is 13.1 Å². The maximum Gasteiger partial charge on any atom is 0.310 e. The van der Waals surface area contributed by atoms with Gasteiger partial charge in [0, 0.05) is 4.88 Å². The van der Waals surface area contributed by atoms with Gasteiger partial charge in [0.2, 0.25) is 0 Å². The van der Waals surface area contributed by atoms with Crippen LogP contribution in [0.3, 0.4) is 0 Å². The lowest BCUT2D eigenvalue weighted by Gasteiger charge is -2.24. The van der Waals surface area contributed by atoms with Crippen molar-refractivity contribution in [3.8, 4) is 0 Å². The Morgan fingerprint density at radius 2 is 2.12 bits per heavy atom. The summed E-state index contributed by atoms with van der Waals surface area (Å²) in [7, 11) is 1.41. The zero-order valence-corrected chi connectivity index (χ0v) is 11.0. The van der Waals surface area contributed by atoms with E-state index in [4.69, 9.17) is 10.5 Å². The van der Waals surface area contributed by atoms with Gasteiger partial charge in [-0.3, -0.25) is 4.79 Å². The van der Waals surface area contributed by atoms with Gasteiger partial charge in [0.05, 0.1) is 19.1 Å². The van der Waals surface area contributed by atoms with Crippen LogP contribution in [0.5, 0.6) is 0 Å². The maximum absolute atomic E-state index is 11.7. The summed E-state index contributed by atoms with van der Waals surface area (Å²) in [6.45, 7) is 6.00. The van der Waals surface area contributed by atoms with Gasteiger partial charge >= 0.3 is 5.97 Å². The van der Waals surface area contributed by atoms with E-state index in [2.05, 4.69) is 0 Å². The largest absolute Gasteiger partial charge is 0.469 e. The number of rotatable bonds is 4. The first kappa shape index (κ1) is 13.2. The number of aryl methyl sites for hydroxylation is 1. The van der Waals surface area contributed by atoms with E-state index in [-0.39, 0.29) is 23.8 Å². The Kier molecular flexibility index (Phi) is 4.50. The van der Waals surface area contributed by atoms with E-state index in [0.717, 1.165) is 10.4 Å². The fourth-order valence-corrected chi connectivity index (χ4v) is 2.83. The number of esters is 1. The van der Waals surface area contributed by atoms with Crippen LogP contribution in [0.2, 0.25) is 0 Å². The number of thiophene rings is 1. The fourth-order valence-electron chi connectivity index (χ4n) is 1.86. The van der Waals surface area contributed by atoms with Gasteiger partial charge in [-0.2, -0.15) is 0 Å². The molecule has 1 aromatic heterocycles. The van der Waals surface area contributed by atoms with E-state index in [1.807, 2.05) is 32.2 Å². The van der Waals surface area contributed by atoms with E-state index in [9.17, 15) is 4.79 Å². The van der Waals surface area contributed by atoms with E-state index < -0.39 is 0 Å². The average molecular weight is 241 g/mol. The van der Waals surface area contributed by atoms with Crippen LogP contribution in [0.25, 0.3) is 0 Å². The standard InChI is InChI=1S/C12H19NO2S/c1-7(2)9(12(14)15-4)10(13)11-8(3)5-6-16-11/h5-7,9-10H,13H2,1-4H3. The van der Waals surface area contributed by atoms with Gasteiger partial charge in [-0.05, 0) is 29.9 Å². The first-order chi connectivity index (χ1) is 7.49. The predicted octanol–water partition coefficient (Wildman–Crippen LogP) is 2.50. The molecule has 1 rings (SSSR count). The smallest absolute Gasteiger partial charge is 0.310 e. The van der Waals surface area contributed by atoms with Crippen molar-refractivity contribution < 1.29 is 9.53 Å².